The van der Waals surface area contributed by atoms with Crippen LogP contribution in [0.25, 0.3) is 22.4 Å². The molecule has 1 aliphatic rings. The molecule has 1 amide bonds. The van der Waals surface area contributed by atoms with E-state index in [9.17, 15) is 14.7 Å². The second kappa shape index (κ2) is 7.02. The van der Waals surface area contributed by atoms with E-state index in [-0.39, 0.29) is 18.0 Å². The van der Waals surface area contributed by atoms with Crippen molar-refractivity contribution in [2.75, 3.05) is 0 Å². The van der Waals surface area contributed by atoms with Crippen LogP contribution in [0.15, 0.2) is 21.1 Å². The van der Waals surface area contributed by atoms with Gasteiger partial charge in [-0.05, 0) is 45.7 Å². The third kappa shape index (κ3) is 3.50. The maximum atomic E-state index is 13.3. The van der Waals surface area contributed by atoms with Crippen molar-refractivity contribution in [3.05, 3.63) is 34.9 Å². The summed E-state index contributed by atoms with van der Waals surface area (Å²) in [5, 5.41) is 16.8. The molecule has 1 aliphatic carbocycles. The van der Waals surface area contributed by atoms with E-state index in [0.717, 1.165) is 24.2 Å². The van der Waals surface area contributed by atoms with Crippen LogP contribution in [-0.2, 0) is 4.79 Å². The summed E-state index contributed by atoms with van der Waals surface area (Å²) in [6.45, 7) is 5.43. The molecule has 152 valence electrons. The maximum absolute atomic E-state index is 13.3. The van der Waals surface area contributed by atoms with Crippen molar-refractivity contribution >= 4 is 23.0 Å². The predicted octanol–water partition coefficient (Wildman–Crippen LogP) is 3.93. The minimum Gasteiger partial charge on any atom is -0.481 e. The number of aliphatic carboxylic acids is 1. The van der Waals surface area contributed by atoms with Crippen LogP contribution in [0.4, 0.5) is 0 Å². The molecule has 29 heavy (non-hydrogen) atoms. The lowest BCUT2D eigenvalue weighted by Gasteiger charge is -2.28. The highest BCUT2D eigenvalue weighted by atomic mass is 16.5. The summed E-state index contributed by atoms with van der Waals surface area (Å²) in [5.74, 6) is 0.171. The molecule has 0 aliphatic heterocycles. The molecule has 1 saturated carbocycles. The maximum Gasteiger partial charge on any atom is 0.305 e. The van der Waals surface area contributed by atoms with Crippen LogP contribution in [0.2, 0.25) is 0 Å². The number of rotatable bonds is 5. The molecule has 8 heteroatoms. The van der Waals surface area contributed by atoms with Crippen molar-refractivity contribution in [2.24, 2.45) is 0 Å². The van der Waals surface area contributed by atoms with E-state index in [4.69, 9.17) is 8.94 Å². The van der Waals surface area contributed by atoms with Gasteiger partial charge in [0.2, 0.25) is 0 Å². The fraction of sp³-hybridized carbons (Fsp3) is 0.429. The summed E-state index contributed by atoms with van der Waals surface area (Å²) in [5.41, 5.74) is 1.79. The minimum absolute atomic E-state index is 0.0948. The van der Waals surface area contributed by atoms with Crippen molar-refractivity contribution in [2.45, 2.75) is 58.4 Å². The van der Waals surface area contributed by atoms with Gasteiger partial charge in [-0.2, -0.15) is 0 Å². The molecular formula is C21H23N3O5. The summed E-state index contributed by atoms with van der Waals surface area (Å²) in [6, 6.07) is 3.56. The van der Waals surface area contributed by atoms with Crippen molar-refractivity contribution in [1.82, 2.24) is 15.5 Å². The van der Waals surface area contributed by atoms with Crippen LogP contribution in [0.5, 0.6) is 0 Å². The average molecular weight is 397 g/mol. The topological polar surface area (TPSA) is 118 Å². The Morgan fingerprint density at radius 3 is 2.55 bits per heavy atom. The van der Waals surface area contributed by atoms with Crippen LogP contribution in [-0.4, -0.2) is 32.7 Å². The Bertz CT molecular complexity index is 1110. The van der Waals surface area contributed by atoms with E-state index in [0.29, 0.717) is 40.9 Å². The molecule has 8 nitrogen and oxygen atoms in total. The molecule has 3 heterocycles. The molecule has 0 spiro atoms. The fourth-order valence-corrected chi connectivity index (χ4v) is 4.29. The molecule has 0 atom stereocenters. The van der Waals surface area contributed by atoms with Crippen LogP contribution in [0.3, 0.4) is 0 Å². The van der Waals surface area contributed by atoms with E-state index in [2.05, 4.69) is 15.5 Å². The Kier molecular flexibility index (Phi) is 4.64. The molecule has 3 aromatic heterocycles. The Hall–Kier alpha value is -3.16. The van der Waals surface area contributed by atoms with Gasteiger partial charge < -0.3 is 19.4 Å². The molecule has 0 radical (unpaired) electrons. The highest BCUT2D eigenvalue weighted by Crippen LogP contribution is 2.35. The van der Waals surface area contributed by atoms with Gasteiger partial charge in [0.25, 0.3) is 11.6 Å². The van der Waals surface area contributed by atoms with Crippen LogP contribution >= 0.6 is 0 Å². The SMILES string of the molecule is Cc1cc(-c2cc(C(=O)NC3(CC(=O)O)CCCC3)c3c(C)noc3n2)c(C)o1. The zero-order valence-corrected chi connectivity index (χ0v) is 16.7. The number of carbonyl (C=O) groups excluding carboxylic acids is 1. The lowest BCUT2D eigenvalue weighted by molar-refractivity contribution is -0.138. The predicted molar refractivity (Wildman–Crippen MR) is 105 cm³/mol. The molecule has 0 bridgehead atoms. The summed E-state index contributed by atoms with van der Waals surface area (Å²) >= 11 is 0. The quantitative estimate of drug-likeness (QED) is 0.669. The first-order valence-electron chi connectivity index (χ1n) is 9.67. The first kappa shape index (κ1) is 19.2. The molecule has 4 rings (SSSR count). The average Bonchev–Trinajstić information content (AvgIpc) is 3.33. The lowest BCUT2D eigenvalue weighted by Crippen LogP contribution is -2.47. The fourth-order valence-electron chi connectivity index (χ4n) is 4.29. The molecule has 0 aromatic carbocycles. The number of hydrogen-bond donors (Lipinski definition) is 2. The molecule has 1 fully saturated rings. The number of aromatic nitrogens is 2. The van der Waals surface area contributed by atoms with E-state index < -0.39 is 11.5 Å². The Morgan fingerprint density at radius 2 is 1.93 bits per heavy atom. The third-order valence-corrected chi connectivity index (χ3v) is 5.61. The summed E-state index contributed by atoms with van der Waals surface area (Å²) in [7, 11) is 0. The first-order chi connectivity index (χ1) is 13.8. The van der Waals surface area contributed by atoms with Gasteiger partial charge in [-0.1, -0.05) is 18.0 Å². The number of nitrogens with zero attached hydrogens (tertiary/aromatic N) is 2. The number of amides is 1. The number of fused-ring (bicyclic) bond motifs is 1. The molecule has 0 saturated heterocycles. The van der Waals surface area contributed by atoms with Gasteiger partial charge >= 0.3 is 5.97 Å². The molecular weight excluding hydrogens is 374 g/mol. The van der Waals surface area contributed by atoms with Gasteiger partial charge in [-0.25, -0.2) is 4.98 Å². The Balaban J connectivity index is 1.79. The van der Waals surface area contributed by atoms with Crippen LogP contribution in [0.1, 0.15) is 59.7 Å². The van der Waals surface area contributed by atoms with Gasteiger partial charge in [0.15, 0.2) is 0 Å². The summed E-state index contributed by atoms with van der Waals surface area (Å²) < 4.78 is 10.9. The highest BCUT2D eigenvalue weighted by molar-refractivity contribution is 6.07. The standard InChI is InChI=1S/C21H23N3O5/c1-11-8-14(13(3)28-11)16-9-15(18-12(2)24-29-20(18)22-16)19(27)23-21(10-17(25)26)6-4-5-7-21/h8-9H,4-7,10H2,1-3H3,(H,23,27)(H,25,26). The third-order valence-electron chi connectivity index (χ3n) is 5.61. The molecule has 2 N–H and O–H groups in total. The van der Waals surface area contributed by atoms with Crippen molar-refractivity contribution in [3.63, 3.8) is 0 Å². The number of carboxylic acid groups (broad SMARTS) is 1. The lowest BCUT2D eigenvalue weighted by atomic mass is 9.92. The van der Waals surface area contributed by atoms with Gasteiger partial charge in [0, 0.05) is 5.56 Å². The minimum atomic E-state index is -0.918. The van der Waals surface area contributed by atoms with Crippen molar-refractivity contribution in [3.8, 4) is 11.3 Å². The molecule has 0 unspecified atom stereocenters. The Morgan fingerprint density at radius 1 is 1.21 bits per heavy atom. The Labute approximate surface area is 167 Å². The van der Waals surface area contributed by atoms with Gasteiger partial charge in [-0.3, -0.25) is 9.59 Å². The second-order valence-corrected chi connectivity index (χ2v) is 7.84. The molecule has 3 aromatic rings. The number of carboxylic acids is 1. The van der Waals surface area contributed by atoms with E-state index >= 15 is 0 Å². The van der Waals surface area contributed by atoms with Crippen LogP contribution < -0.4 is 5.32 Å². The zero-order chi connectivity index (χ0) is 20.8. The number of pyridine rings is 1. The second-order valence-electron chi connectivity index (χ2n) is 7.84. The van der Waals surface area contributed by atoms with Gasteiger partial charge in [0.05, 0.1) is 34.3 Å². The highest BCUT2D eigenvalue weighted by Gasteiger charge is 2.38. The number of carbonyl (C=O) groups is 2. The van der Waals surface area contributed by atoms with Gasteiger partial charge in [0.1, 0.15) is 11.5 Å². The zero-order valence-electron chi connectivity index (χ0n) is 16.7. The van der Waals surface area contributed by atoms with Crippen LogP contribution in [0, 0.1) is 20.8 Å². The van der Waals surface area contributed by atoms with E-state index in [1.165, 1.54) is 0 Å². The summed E-state index contributed by atoms with van der Waals surface area (Å²) in [4.78, 5) is 29.2. The van der Waals surface area contributed by atoms with Crippen molar-refractivity contribution < 1.29 is 23.6 Å². The largest absolute Gasteiger partial charge is 0.481 e. The smallest absolute Gasteiger partial charge is 0.305 e. The normalized spacial score (nSPS) is 15.7. The van der Waals surface area contributed by atoms with Gasteiger partial charge in [-0.15, -0.1) is 0 Å². The number of furan rings is 1. The number of aryl methyl sites for hydroxylation is 3. The first-order valence-corrected chi connectivity index (χ1v) is 9.67. The summed E-state index contributed by atoms with van der Waals surface area (Å²) in [6.07, 6.45) is 2.99. The monoisotopic (exact) mass is 397 g/mol. The number of nitrogens with one attached hydrogen (secondary N) is 1. The van der Waals surface area contributed by atoms with Crippen molar-refractivity contribution in [1.29, 1.82) is 0 Å². The number of hydrogen-bond acceptors (Lipinski definition) is 6. The van der Waals surface area contributed by atoms with E-state index in [1.807, 2.05) is 19.9 Å². The van der Waals surface area contributed by atoms with E-state index in [1.54, 1.807) is 13.0 Å².